The highest BCUT2D eigenvalue weighted by atomic mass is 16.5. The predicted octanol–water partition coefficient (Wildman–Crippen LogP) is 2.41. The molecule has 0 radical (unpaired) electrons. The summed E-state index contributed by atoms with van der Waals surface area (Å²) < 4.78 is 5.80. The number of hydrogen-bond donors (Lipinski definition) is 1. The highest BCUT2D eigenvalue weighted by molar-refractivity contribution is 5.68. The lowest BCUT2D eigenvalue weighted by Gasteiger charge is -2.42. The van der Waals surface area contributed by atoms with E-state index in [0.29, 0.717) is 18.0 Å². The Morgan fingerprint density at radius 1 is 1.33 bits per heavy atom. The molecule has 2 heterocycles. The Morgan fingerprint density at radius 2 is 2.05 bits per heavy atom. The number of aliphatic carboxylic acids is 1. The zero-order valence-corrected chi connectivity index (χ0v) is 12.7. The Kier molecular flexibility index (Phi) is 4.00. The van der Waals surface area contributed by atoms with Crippen LogP contribution in [0.2, 0.25) is 0 Å². The van der Waals surface area contributed by atoms with Gasteiger partial charge in [-0.2, -0.15) is 0 Å². The van der Waals surface area contributed by atoms with E-state index in [4.69, 9.17) is 9.84 Å². The van der Waals surface area contributed by atoms with Crippen LogP contribution >= 0.6 is 0 Å². The molecule has 0 aliphatic carbocycles. The normalized spacial score (nSPS) is 32.3. The number of piperidine rings is 1. The number of ether oxygens (including phenoxy) is 1. The second-order valence-electron chi connectivity index (χ2n) is 6.39. The zero-order chi connectivity index (χ0) is 15.0. The number of rotatable bonds is 4. The van der Waals surface area contributed by atoms with E-state index in [2.05, 4.69) is 43.1 Å². The molecule has 114 valence electrons. The number of aryl methyl sites for hydroxylation is 1. The van der Waals surface area contributed by atoms with E-state index < -0.39 is 5.97 Å². The summed E-state index contributed by atoms with van der Waals surface area (Å²) in [6, 6.07) is 9.54. The minimum atomic E-state index is -0.888. The fraction of sp³-hybridized carbons (Fsp3) is 0.588. The molecule has 1 N–H and O–H groups in total. The van der Waals surface area contributed by atoms with Gasteiger partial charge >= 0.3 is 5.97 Å². The second-order valence-corrected chi connectivity index (χ2v) is 6.39. The van der Waals surface area contributed by atoms with Crippen molar-refractivity contribution in [1.82, 2.24) is 4.90 Å². The van der Waals surface area contributed by atoms with E-state index in [0.717, 1.165) is 12.8 Å². The number of nitrogens with zero attached hydrogens (tertiary/aromatic N) is 1. The molecule has 4 heteroatoms. The molecular weight excluding hydrogens is 266 g/mol. The summed E-state index contributed by atoms with van der Waals surface area (Å²) in [4.78, 5) is 13.3. The summed E-state index contributed by atoms with van der Waals surface area (Å²) in [7, 11) is 2.14. The van der Waals surface area contributed by atoms with Crippen LogP contribution in [0.15, 0.2) is 24.3 Å². The predicted molar refractivity (Wildman–Crippen MR) is 80.5 cm³/mol. The van der Waals surface area contributed by atoms with Crippen molar-refractivity contribution in [2.45, 2.75) is 50.3 Å². The van der Waals surface area contributed by atoms with E-state index in [1.807, 2.05) is 0 Å². The first-order chi connectivity index (χ1) is 10.1. The second kappa shape index (κ2) is 5.78. The third-order valence-corrected chi connectivity index (χ3v) is 5.10. The molecule has 2 saturated heterocycles. The largest absolute Gasteiger partial charge is 0.480 e. The van der Waals surface area contributed by atoms with Crippen LogP contribution in [0, 0.1) is 6.92 Å². The molecule has 0 spiro atoms. The highest BCUT2D eigenvalue weighted by Crippen LogP contribution is 2.43. The third kappa shape index (κ3) is 2.83. The first-order valence-electron chi connectivity index (χ1n) is 7.68. The van der Waals surface area contributed by atoms with Gasteiger partial charge < -0.3 is 9.84 Å². The van der Waals surface area contributed by atoms with Crippen LogP contribution < -0.4 is 0 Å². The first-order valence-corrected chi connectivity index (χ1v) is 7.68. The summed E-state index contributed by atoms with van der Waals surface area (Å²) in [5, 5.41) is 8.93. The lowest BCUT2D eigenvalue weighted by molar-refractivity contribution is -0.147. The fourth-order valence-corrected chi connectivity index (χ4v) is 3.95. The van der Waals surface area contributed by atoms with Crippen LogP contribution in [0.1, 0.15) is 36.3 Å². The summed E-state index contributed by atoms with van der Waals surface area (Å²) in [6.45, 7) is 1.88. The molecule has 0 unspecified atom stereocenters. The van der Waals surface area contributed by atoms with Crippen molar-refractivity contribution >= 4 is 5.97 Å². The van der Waals surface area contributed by atoms with Gasteiger partial charge in [-0.3, -0.25) is 4.90 Å². The van der Waals surface area contributed by atoms with E-state index in [1.165, 1.54) is 17.5 Å². The first kappa shape index (κ1) is 14.5. The van der Waals surface area contributed by atoms with Gasteiger partial charge in [-0.15, -0.1) is 0 Å². The third-order valence-electron chi connectivity index (χ3n) is 5.10. The summed E-state index contributed by atoms with van der Waals surface area (Å²) in [6.07, 6.45) is 3.33. The number of carbonyl (C=O) groups is 1. The molecule has 0 saturated carbocycles. The number of hydrogen-bond acceptors (Lipinski definition) is 3. The molecule has 2 fully saturated rings. The Morgan fingerprint density at radius 3 is 2.71 bits per heavy atom. The van der Waals surface area contributed by atoms with Crippen molar-refractivity contribution in [3.63, 3.8) is 0 Å². The van der Waals surface area contributed by atoms with Gasteiger partial charge in [-0.25, -0.2) is 4.79 Å². The molecule has 4 nitrogen and oxygen atoms in total. The average molecular weight is 289 g/mol. The summed E-state index contributed by atoms with van der Waals surface area (Å²) in [5.74, 6) is -0.584. The lowest BCUT2D eigenvalue weighted by atomic mass is 9.82. The number of likely N-dealkylation sites (N-methyl/N-ethyl adjacent to an activating group) is 1. The molecule has 2 bridgehead atoms. The summed E-state index contributed by atoms with van der Waals surface area (Å²) >= 11 is 0. The molecule has 0 aromatic heterocycles. The lowest BCUT2D eigenvalue weighted by Crippen LogP contribution is -2.50. The molecule has 1 aromatic carbocycles. The number of carboxylic acids is 1. The van der Waals surface area contributed by atoms with Gasteiger partial charge in [0, 0.05) is 18.0 Å². The van der Waals surface area contributed by atoms with Gasteiger partial charge in [-0.05, 0) is 38.8 Å². The van der Waals surface area contributed by atoms with Gasteiger partial charge in [0.15, 0.2) is 0 Å². The van der Waals surface area contributed by atoms with Crippen LogP contribution in [-0.2, 0) is 9.53 Å². The minimum absolute atomic E-state index is 0.0208. The molecular formula is C17H23NO3. The van der Waals surface area contributed by atoms with Crippen molar-refractivity contribution in [3.8, 4) is 0 Å². The Labute approximate surface area is 125 Å². The van der Waals surface area contributed by atoms with Crippen LogP contribution in [-0.4, -0.2) is 47.8 Å². The molecule has 2 aliphatic heterocycles. The smallest absolute Gasteiger partial charge is 0.329 e. The van der Waals surface area contributed by atoms with E-state index in [9.17, 15) is 4.79 Å². The van der Waals surface area contributed by atoms with Crippen LogP contribution in [0.5, 0.6) is 0 Å². The SMILES string of the molecule is Cc1ccc([C@@H]2C[C@@H]3CC[C@H]([C@@H]2OCC(=O)O)N3C)cc1. The van der Waals surface area contributed by atoms with Gasteiger partial charge in [0.2, 0.25) is 0 Å². The molecule has 21 heavy (non-hydrogen) atoms. The zero-order valence-electron chi connectivity index (χ0n) is 12.7. The Hall–Kier alpha value is -1.39. The highest BCUT2D eigenvalue weighted by Gasteiger charge is 2.46. The van der Waals surface area contributed by atoms with Gasteiger partial charge in [0.1, 0.15) is 6.61 Å². The number of carboxylic acid groups (broad SMARTS) is 1. The van der Waals surface area contributed by atoms with Crippen molar-refractivity contribution < 1.29 is 14.6 Å². The van der Waals surface area contributed by atoms with Gasteiger partial charge in [0.25, 0.3) is 0 Å². The molecule has 4 atom stereocenters. The van der Waals surface area contributed by atoms with Gasteiger partial charge in [-0.1, -0.05) is 29.8 Å². The molecule has 2 aliphatic rings. The Balaban J connectivity index is 1.85. The van der Waals surface area contributed by atoms with Crippen molar-refractivity contribution in [2.24, 2.45) is 0 Å². The topological polar surface area (TPSA) is 49.8 Å². The monoisotopic (exact) mass is 289 g/mol. The van der Waals surface area contributed by atoms with E-state index in [1.54, 1.807) is 0 Å². The quantitative estimate of drug-likeness (QED) is 0.925. The van der Waals surface area contributed by atoms with Gasteiger partial charge in [0.05, 0.1) is 6.10 Å². The maximum atomic E-state index is 10.9. The van der Waals surface area contributed by atoms with Crippen molar-refractivity contribution in [2.75, 3.05) is 13.7 Å². The van der Waals surface area contributed by atoms with E-state index >= 15 is 0 Å². The number of benzene rings is 1. The average Bonchev–Trinajstić information content (AvgIpc) is 2.70. The van der Waals surface area contributed by atoms with Crippen molar-refractivity contribution in [1.29, 1.82) is 0 Å². The maximum Gasteiger partial charge on any atom is 0.329 e. The molecule has 1 aromatic rings. The van der Waals surface area contributed by atoms with Crippen LogP contribution in [0.4, 0.5) is 0 Å². The van der Waals surface area contributed by atoms with Crippen molar-refractivity contribution in [3.05, 3.63) is 35.4 Å². The maximum absolute atomic E-state index is 10.9. The number of fused-ring (bicyclic) bond motifs is 2. The molecule has 0 amide bonds. The standard InChI is InChI=1S/C17H23NO3/c1-11-3-5-12(6-4-11)14-9-13-7-8-15(18(13)2)17(14)21-10-16(19)20/h3-6,13-15,17H,7-10H2,1-2H3,(H,19,20)/t13-,14-,15+,17+/m0/s1. The Bertz CT molecular complexity index is 513. The summed E-state index contributed by atoms with van der Waals surface area (Å²) in [5.41, 5.74) is 2.53. The van der Waals surface area contributed by atoms with Crippen LogP contribution in [0.25, 0.3) is 0 Å². The fourth-order valence-electron chi connectivity index (χ4n) is 3.95. The van der Waals surface area contributed by atoms with Crippen LogP contribution in [0.3, 0.4) is 0 Å². The van der Waals surface area contributed by atoms with E-state index in [-0.39, 0.29) is 12.7 Å². The minimum Gasteiger partial charge on any atom is -0.480 e. The molecule has 3 rings (SSSR count).